The van der Waals surface area contributed by atoms with Crippen LogP contribution in [0.2, 0.25) is 5.02 Å². The summed E-state index contributed by atoms with van der Waals surface area (Å²) in [6, 6.07) is 13.6. The second-order valence-corrected chi connectivity index (χ2v) is 8.11. The predicted molar refractivity (Wildman–Crippen MR) is 115 cm³/mol. The first-order chi connectivity index (χ1) is 13.7. The van der Waals surface area contributed by atoms with Crippen LogP contribution in [0.15, 0.2) is 60.9 Å². The maximum atomic E-state index is 12.7. The summed E-state index contributed by atoms with van der Waals surface area (Å²) in [6.07, 6.45) is 3.20. The molecule has 0 atom stereocenters. The van der Waals surface area contributed by atoms with Crippen LogP contribution in [-0.4, -0.2) is 22.0 Å². The van der Waals surface area contributed by atoms with Crippen molar-refractivity contribution in [3.63, 3.8) is 0 Å². The van der Waals surface area contributed by atoms with Gasteiger partial charge in [-0.2, -0.15) is 0 Å². The molecule has 2 N–H and O–H groups in total. The van der Waals surface area contributed by atoms with Crippen molar-refractivity contribution in [2.24, 2.45) is 0 Å². The van der Waals surface area contributed by atoms with Crippen LogP contribution in [0.25, 0.3) is 11.1 Å². The Hall–Kier alpha value is -3.18. The Morgan fingerprint density at radius 1 is 1.00 bits per heavy atom. The highest BCUT2D eigenvalue weighted by Crippen LogP contribution is 2.33. The van der Waals surface area contributed by atoms with Gasteiger partial charge in [-0.25, -0.2) is 4.79 Å². The highest BCUT2D eigenvalue weighted by atomic mass is 35.5. The van der Waals surface area contributed by atoms with Crippen LogP contribution in [0.1, 0.15) is 47.1 Å². The molecule has 0 bridgehead atoms. The first kappa shape index (κ1) is 20.6. The molecule has 3 aromatic rings. The summed E-state index contributed by atoms with van der Waals surface area (Å²) >= 11 is 6.38. The number of pyridine rings is 1. The first-order valence-corrected chi connectivity index (χ1v) is 9.44. The second-order valence-electron chi connectivity index (χ2n) is 7.70. The zero-order valence-corrected chi connectivity index (χ0v) is 17.1. The van der Waals surface area contributed by atoms with E-state index in [9.17, 15) is 14.7 Å². The summed E-state index contributed by atoms with van der Waals surface area (Å²) in [5.74, 6) is -1.56. The van der Waals surface area contributed by atoms with Crippen LogP contribution in [-0.2, 0) is 5.41 Å². The quantitative estimate of drug-likeness (QED) is 0.584. The third-order valence-electron chi connectivity index (χ3n) is 4.59. The van der Waals surface area contributed by atoms with Crippen molar-refractivity contribution in [2.45, 2.75) is 26.2 Å². The predicted octanol–water partition coefficient (Wildman–Crippen LogP) is 5.65. The number of amides is 1. The highest BCUT2D eigenvalue weighted by molar-refractivity contribution is 6.34. The lowest BCUT2D eigenvalue weighted by Crippen LogP contribution is -2.16. The number of nitrogens with one attached hydrogen (secondary N) is 1. The number of halogens is 1. The van der Waals surface area contributed by atoms with Crippen LogP contribution >= 0.6 is 11.6 Å². The van der Waals surface area contributed by atoms with E-state index in [1.54, 1.807) is 36.7 Å². The fourth-order valence-electron chi connectivity index (χ4n) is 2.92. The van der Waals surface area contributed by atoms with Crippen molar-refractivity contribution < 1.29 is 14.7 Å². The van der Waals surface area contributed by atoms with Crippen LogP contribution in [0.4, 0.5) is 5.69 Å². The Balaban J connectivity index is 1.93. The number of hydrogen-bond donors (Lipinski definition) is 2. The van der Waals surface area contributed by atoms with Gasteiger partial charge in [-0.3, -0.25) is 9.78 Å². The fraction of sp³-hybridized carbons (Fsp3) is 0.174. The van der Waals surface area contributed by atoms with Gasteiger partial charge in [0.05, 0.1) is 16.3 Å². The molecule has 1 heterocycles. The molecule has 0 saturated carbocycles. The third kappa shape index (κ3) is 4.63. The summed E-state index contributed by atoms with van der Waals surface area (Å²) in [6.45, 7) is 6.27. The smallest absolute Gasteiger partial charge is 0.337 e. The number of carboxylic acids is 1. The number of hydrogen-bond acceptors (Lipinski definition) is 3. The lowest BCUT2D eigenvalue weighted by Gasteiger charge is -2.19. The number of aromatic nitrogens is 1. The number of benzene rings is 2. The van der Waals surface area contributed by atoms with E-state index in [-0.39, 0.29) is 16.7 Å². The molecule has 0 saturated heterocycles. The Morgan fingerprint density at radius 2 is 1.62 bits per heavy atom. The molecule has 0 aliphatic rings. The largest absolute Gasteiger partial charge is 0.478 e. The van der Waals surface area contributed by atoms with E-state index in [2.05, 4.69) is 31.1 Å². The maximum absolute atomic E-state index is 12.7. The van der Waals surface area contributed by atoms with Gasteiger partial charge in [0.1, 0.15) is 0 Å². The Labute approximate surface area is 174 Å². The molecule has 0 unspecified atom stereocenters. The van der Waals surface area contributed by atoms with E-state index in [1.165, 1.54) is 12.1 Å². The van der Waals surface area contributed by atoms with E-state index < -0.39 is 11.9 Å². The van der Waals surface area contributed by atoms with Crippen molar-refractivity contribution >= 4 is 29.2 Å². The lowest BCUT2D eigenvalue weighted by atomic mass is 9.86. The number of aromatic carboxylic acids is 1. The highest BCUT2D eigenvalue weighted by Gasteiger charge is 2.19. The topological polar surface area (TPSA) is 79.3 Å². The molecular formula is C23H21ClN2O3. The number of carbonyl (C=O) groups excluding carboxylic acids is 1. The zero-order valence-electron chi connectivity index (χ0n) is 16.4. The van der Waals surface area contributed by atoms with Crippen molar-refractivity contribution in [1.29, 1.82) is 0 Å². The van der Waals surface area contributed by atoms with Gasteiger partial charge in [-0.1, -0.05) is 44.5 Å². The molecule has 0 spiro atoms. The van der Waals surface area contributed by atoms with Crippen LogP contribution in [0.5, 0.6) is 0 Å². The molecule has 148 valence electrons. The van der Waals surface area contributed by atoms with Crippen LogP contribution < -0.4 is 5.32 Å². The number of carboxylic acid groups (broad SMARTS) is 1. The zero-order chi connectivity index (χ0) is 21.2. The average molecular weight is 409 g/mol. The van der Waals surface area contributed by atoms with Crippen molar-refractivity contribution in [3.05, 3.63) is 82.6 Å². The molecule has 5 nitrogen and oxygen atoms in total. The number of nitrogens with zero attached hydrogens (tertiary/aromatic N) is 1. The molecule has 6 heteroatoms. The fourth-order valence-corrected chi connectivity index (χ4v) is 3.20. The van der Waals surface area contributed by atoms with Gasteiger partial charge in [0.15, 0.2) is 0 Å². The average Bonchev–Trinajstić information content (AvgIpc) is 2.68. The molecular weight excluding hydrogens is 388 g/mol. The lowest BCUT2D eigenvalue weighted by molar-refractivity contribution is 0.0698. The summed E-state index contributed by atoms with van der Waals surface area (Å²) in [5, 5.41) is 12.6. The van der Waals surface area contributed by atoms with Gasteiger partial charge in [-0.05, 0) is 52.9 Å². The van der Waals surface area contributed by atoms with Gasteiger partial charge in [0, 0.05) is 23.5 Å². The van der Waals surface area contributed by atoms with Crippen molar-refractivity contribution in [2.75, 3.05) is 5.32 Å². The van der Waals surface area contributed by atoms with Crippen LogP contribution in [0, 0.1) is 0 Å². The minimum absolute atomic E-state index is 0.0260. The SMILES string of the molecule is CC(C)(C)c1ccc(C(=O)Nc2cc(Cl)c(-c3ccncc3)cc2C(=O)O)cc1. The van der Waals surface area contributed by atoms with E-state index in [4.69, 9.17) is 11.6 Å². The maximum Gasteiger partial charge on any atom is 0.337 e. The molecule has 0 radical (unpaired) electrons. The molecule has 0 aliphatic carbocycles. The number of rotatable bonds is 4. The van der Waals surface area contributed by atoms with Crippen molar-refractivity contribution in [1.82, 2.24) is 4.98 Å². The number of carbonyl (C=O) groups is 2. The van der Waals surface area contributed by atoms with Crippen molar-refractivity contribution in [3.8, 4) is 11.1 Å². The van der Waals surface area contributed by atoms with Crippen LogP contribution in [0.3, 0.4) is 0 Å². The minimum Gasteiger partial charge on any atom is -0.478 e. The third-order valence-corrected chi connectivity index (χ3v) is 4.90. The molecule has 0 fully saturated rings. The Kier molecular flexibility index (Phi) is 5.71. The molecule has 29 heavy (non-hydrogen) atoms. The monoisotopic (exact) mass is 408 g/mol. The molecule has 2 aromatic carbocycles. The van der Waals surface area contributed by atoms with Gasteiger partial charge in [0.2, 0.25) is 0 Å². The molecule has 1 amide bonds. The standard InChI is InChI=1S/C23H21ClN2O3/c1-23(2,3)16-6-4-15(5-7-16)21(27)26-20-13-19(24)17(12-18(20)22(28)29)14-8-10-25-11-9-14/h4-13H,1-3H3,(H,26,27)(H,28,29). The summed E-state index contributed by atoms with van der Waals surface area (Å²) in [5.41, 5.74) is 2.91. The normalized spacial score (nSPS) is 11.2. The van der Waals surface area contributed by atoms with E-state index in [0.29, 0.717) is 16.1 Å². The molecule has 0 aliphatic heterocycles. The Morgan fingerprint density at radius 3 is 2.17 bits per heavy atom. The van der Waals surface area contributed by atoms with E-state index in [1.807, 2.05) is 12.1 Å². The van der Waals surface area contributed by atoms with Gasteiger partial charge in [-0.15, -0.1) is 0 Å². The molecule has 3 rings (SSSR count). The minimum atomic E-state index is -1.16. The summed E-state index contributed by atoms with van der Waals surface area (Å²) in [4.78, 5) is 28.4. The van der Waals surface area contributed by atoms with Gasteiger partial charge < -0.3 is 10.4 Å². The van der Waals surface area contributed by atoms with Gasteiger partial charge in [0.25, 0.3) is 5.91 Å². The van der Waals surface area contributed by atoms with Gasteiger partial charge >= 0.3 is 5.97 Å². The first-order valence-electron chi connectivity index (χ1n) is 9.06. The summed E-state index contributed by atoms with van der Waals surface area (Å²) < 4.78 is 0. The number of anilines is 1. The second kappa shape index (κ2) is 8.05. The van der Waals surface area contributed by atoms with E-state index >= 15 is 0 Å². The molecule has 1 aromatic heterocycles. The van der Waals surface area contributed by atoms with E-state index in [0.717, 1.165) is 11.1 Å². The Bertz CT molecular complexity index is 1060. The summed E-state index contributed by atoms with van der Waals surface area (Å²) in [7, 11) is 0.